The average Bonchev–Trinajstić information content (AvgIpc) is 3.03. The number of fused-ring (bicyclic) bond motifs is 1. The first-order valence-corrected chi connectivity index (χ1v) is 10.1. The van der Waals surface area contributed by atoms with Crippen molar-refractivity contribution >= 4 is 43.4 Å². The lowest BCUT2D eigenvalue weighted by molar-refractivity contribution is 0.100. The van der Waals surface area contributed by atoms with Crippen molar-refractivity contribution in [1.82, 2.24) is 5.48 Å². The number of hydroxylamine groups is 1. The predicted molar refractivity (Wildman–Crippen MR) is 102 cm³/mol. The molecule has 0 bridgehead atoms. The summed E-state index contributed by atoms with van der Waals surface area (Å²) in [6, 6.07) is 15.0. The highest BCUT2D eigenvalue weighted by atomic mass is 32.2. The first-order chi connectivity index (χ1) is 12.3. The number of aliphatic imine (C=N–C) groups is 1. The molecule has 0 fully saturated rings. The van der Waals surface area contributed by atoms with Gasteiger partial charge in [-0.05, 0) is 29.1 Å². The van der Waals surface area contributed by atoms with E-state index in [4.69, 9.17) is 5.73 Å². The Morgan fingerprint density at radius 1 is 1.19 bits per heavy atom. The number of rotatable bonds is 4. The number of nitrogens with one attached hydrogen (secondary N) is 1. The smallest absolute Gasteiger partial charge is 0.285 e. The molecule has 3 rings (SSSR count). The highest BCUT2D eigenvalue weighted by molar-refractivity contribution is 7.85. The van der Waals surface area contributed by atoms with Gasteiger partial charge < -0.3 is 5.73 Å². The number of amides is 1. The van der Waals surface area contributed by atoms with Crippen LogP contribution in [0.5, 0.6) is 0 Å². The van der Waals surface area contributed by atoms with E-state index in [0.29, 0.717) is 5.56 Å². The van der Waals surface area contributed by atoms with Crippen LogP contribution in [0.25, 0.3) is 21.2 Å². The summed E-state index contributed by atoms with van der Waals surface area (Å²) in [5, 5.41) is 3.14. The molecule has 7 nitrogen and oxygen atoms in total. The molecular weight excluding hydrogens is 374 g/mol. The zero-order chi connectivity index (χ0) is 18.7. The summed E-state index contributed by atoms with van der Waals surface area (Å²) < 4.78 is 27.2. The van der Waals surface area contributed by atoms with Crippen molar-refractivity contribution in [1.29, 1.82) is 0 Å². The zero-order valence-electron chi connectivity index (χ0n) is 13.7. The fourth-order valence-corrected chi connectivity index (χ4v) is 3.54. The van der Waals surface area contributed by atoms with Crippen molar-refractivity contribution < 1.29 is 17.5 Å². The Balaban J connectivity index is 1.86. The normalized spacial score (nSPS) is 12.3. The van der Waals surface area contributed by atoms with Gasteiger partial charge in [-0.1, -0.05) is 30.3 Å². The third-order valence-corrected chi connectivity index (χ3v) is 4.77. The number of nitrogens with zero attached hydrogens (tertiary/aromatic N) is 1. The van der Waals surface area contributed by atoms with Crippen LogP contribution in [-0.4, -0.2) is 26.5 Å². The second-order valence-corrected chi connectivity index (χ2v) is 7.90. The molecule has 0 atom stereocenters. The molecule has 0 radical (unpaired) electrons. The topological polar surface area (TPSA) is 111 Å². The van der Waals surface area contributed by atoms with Crippen molar-refractivity contribution in [2.45, 2.75) is 0 Å². The number of nitrogens with two attached hydrogens (primary N) is 1. The van der Waals surface area contributed by atoms with Crippen LogP contribution in [0.3, 0.4) is 0 Å². The van der Waals surface area contributed by atoms with E-state index in [1.807, 2.05) is 41.2 Å². The lowest BCUT2D eigenvalue weighted by Gasteiger charge is -2.04. The molecule has 0 aliphatic heterocycles. The molecule has 3 N–H and O–H groups in total. The van der Waals surface area contributed by atoms with Crippen LogP contribution in [0.2, 0.25) is 0 Å². The van der Waals surface area contributed by atoms with Crippen LogP contribution in [0, 0.1) is 0 Å². The van der Waals surface area contributed by atoms with Gasteiger partial charge in [0.1, 0.15) is 0 Å². The average molecular weight is 389 g/mol. The first-order valence-electron chi connectivity index (χ1n) is 7.43. The van der Waals surface area contributed by atoms with E-state index in [2.05, 4.69) is 9.28 Å². The number of hydrogen-bond donors (Lipinski definition) is 2. The van der Waals surface area contributed by atoms with E-state index < -0.39 is 22.0 Å². The van der Waals surface area contributed by atoms with Gasteiger partial charge in [0.2, 0.25) is 5.96 Å². The van der Waals surface area contributed by atoms with Gasteiger partial charge in [0.25, 0.3) is 16.0 Å². The summed E-state index contributed by atoms with van der Waals surface area (Å²) >= 11 is 1.63. The minimum absolute atomic E-state index is 0.321. The Bertz CT molecular complexity index is 1100. The van der Waals surface area contributed by atoms with Crippen LogP contribution in [0.4, 0.5) is 0 Å². The molecule has 0 aliphatic carbocycles. The summed E-state index contributed by atoms with van der Waals surface area (Å²) in [7, 11) is -3.76. The minimum Gasteiger partial charge on any atom is -0.368 e. The Labute approximate surface area is 154 Å². The fourth-order valence-electron chi connectivity index (χ4n) is 2.34. The molecule has 0 spiro atoms. The van der Waals surface area contributed by atoms with Gasteiger partial charge in [0, 0.05) is 21.2 Å². The molecule has 9 heteroatoms. The Kier molecular flexibility index (Phi) is 5.03. The van der Waals surface area contributed by atoms with Crippen molar-refractivity contribution in [2.75, 3.05) is 6.26 Å². The summed E-state index contributed by atoms with van der Waals surface area (Å²) in [6.07, 6.45) is 0.837. The lowest BCUT2D eigenvalue weighted by atomic mass is 10.0. The van der Waals surface area contributed by atoms with Gasteiger partial charge >= 0.3 is 0 Å². The standard InChI is InChI=1S/C17H15N3O4S2/c1-26(22,23)24-20-17(18)19-16(21)12-6-4-5-11(9-12)14-10-25-15-8-3-2-7-13(14)15/h2-10H,1H3,(H3,18,19,20,21). The van der Waals surface area contributed by atoms with Crippen molar-refractivity contribution in [3.05, 3.63) is 59.5 Å². The van der Waals surface area contributed by atoms with Gasteiger partial charge in [-0.2, -0.15) is 13.4 Å². The van der Waals surface area contributed by atoms with Gasteiger partial charge in [0.05, 0.1) is 6.26 Å². The summed E-state index contributed by atoms with van der Waals surface area (Å²) in [5.74, 6) is -1.07. The lowest BCUT2D eigenvalue weighted by Crippen LogP contribution is -2.34. The molecular formula is C17H15N3O4S2. The fraction of sp³-hybridized carbons (Fsp3) is 0.0588. The largest absolute Gasteiger partial charge is 0.368 e. The quantitative estimate of drug-likeness (QED) is 0.403. The maximum Gasteiger partial charge on any atom is 0.285 e. The van der Waals surface area contributed by atoms with Crippen LogP contribution in [0.1, 0.15) is 10.4 Å². The molecule has 26 heavy (non-hydrogen) atoms. The zero-order valence-corrected chi connectivity index (χ0v) is 15.3. The van der Waals surface area contributed by atoms with Gasteiger partial charge in [-0.15, -0.1) is 15.6 Å². The monoisotopic (exact) mass is 389 g/mol. The maximum atomic E-state index is 12.3. The van der Waals surface area contributed by atoms with Crippen molar-refractivity contribution in [3.8, 4) is 11.1 Å². The molecule has 3 aromatic rings. The maximum absolute atomic E-state index is 12.3. The third-order valence-electron chi connectivity index (χ3n) is 3.42. The number of benzene rings is 2. The highest BCUT2D eigenvalue weighted by Crippen LogP contribution is 2.34. The van der Waals surface area contributed by atoms with Crippen LogP contribution < -0.4 is 11.2 Å². The van der Waals surface area contributed by atoms with Crippen LogP contribution in [0.15, 0.2) is 58.9 Å². The number of hydrogen-bond acceptors (Lipinski definition) is 5. The summed E-state index contributed by atoms with van der Waals surface area (Å²) in [4.78, 5) is 15.8. The van der Waals surface area contributed by atoms with Crippen LogP contribution in [-0.2, 0) is 14.4 Å². The van der Waals surface area contributed by atoms with E-state index >= 15 is 0 Å². The molecule has 1 heterocycles. The molecule has 2 aromatic carbocycles. The molecule has 0 saturated heterocycles. The van der Waals surface area contributed by atoms with E-state index in [1.54, 1.807) is 29.5 Å². The van der Waals surface area contributed by atoms with Crippen molar-refractivity contribution in [2.24, 2.45) is 10.7 Å². The predicted octanol–water partition coefficient (Wildman–Crippen LogP) is 2.50. The summed E-state index contributed by atoms with van der Waals surface area (Å²) in [5.41, 5.74) is 9.59. The molecule has 0 aliphatic rings. The summed E-state index contributed by atoms with van der Waals surface area (Å²) in [6.45, 7) is 0. The highest BCUT2D eigenvalue weighted by Gasteiger charge is 2.11. The molecule has 1 aromatic heterocycles. The molecule has 1 amide bonds. The molecule has 0 saturated carbocycles. The SMILES string of the molecule is CS(=O)(=O)ONC(N)=NC(=O)c1cccc(-c2csc3ccccc23)c1. The van der Waals surface area contributed by atoms with E-state index in [1.165, 1.54) is 0 Å². The third kappa shape index (κ3) is 4.26. The molecule has 0 unspecified atom stereocenters. The van der Waals surface area contributed by atoms with Crippen LogP contribution >= 0.6 is 11.3 Å². The number of carbonyl (C=O) groups excluding carboxylic acids is 1. The Morgan fingerprint density at radius 2 is 1.96 bits per heavy atom. The first kappa shape index (κ1) is 18.1. The number of carbonyl (C=O) groups is 1. The Hall–Kier alpha value is -2.75. The van der Waals surface area contributed by atoms with Gasteiger partial charge in [-0.25, -0.2) is 5.48 Å². The van der Waals surface area contributed by atoms with E-state index in [0.717, 1.165) is 27.5 Å². The second-order valence-electron chi connectivity index (χ2n) is 5.42. The Morgan fingerprint density at radius 3 is 2.73 bits per heavy atom. The van der Waals surface area contributed by atoms with E-state index in [9.17, 15) is 13.2 Å². The van der Waals surface area contributed by atoms with Gasteiger partial charge in [0.15, 0.2) is 0 Å². The molecule has 134 valence electrons. The second kappa shape index (κ2) is 7.24. The van der Waals surface area contributed by atoms with Gasteiger partial charge in [-0.3, -0.25) is 4.79 Å². The number of guanidine groups is 1. The van der Waals surface area contributed by atoms with E-state index in [-0.39, 0.29) is 0 Å². The minimum atomic E-state index is -3.76. The number of thiophene rings is 1. The van der Waals surface area contributed by atoms with Crippen molar-refractivity contribution in [3.63, 3.8) is 0 Å².